The lowest BCUT2D eigenvalue weighted by Gasteiger charge is -2.18. The van der Waals surface area contributed by atoms with E-state index in [0.717, 1.165) is 5.56 Å². The van der Waals surface area contributed by atoms with Gasteiger partial charge in [0.2, 0.25) is 0 Å². The number of aromatic hydroxyl groups is 1. The number of aliphatic hydroxyl groups is 1. The summed E-state index contributed by atoms with van der Waals surface area (Å²) >= 11 is 0. The Hall–Kier alpha value is -3.90. The number of hydrogen-bond acceptors (Lipinski definition) is 4. The molecule has 150 valence electrons. The molecule has 1 heterocycles. The van der Waals surface area contributed by atoms with Gasteiger partial charge in [0.15, 0.2) is 0 Å². The summed E-state index contributed by atoms with van der Waals surface area (Å²) in [5, 5.41) is 24.5. The lowest BCUT2D eigenvalue weighted by molar-refractivity contribution is 0.102. The number of carbonyl (C=O) groups is 1. The Morgan fingerprint density at radius 2 is 1.70 bits per heavy atom. The number of aryl methyl sites for hydroxylation is 1. The van der Waals surface area contributed by atoms with Crippen LogP contribution in [-0.4, -0.2) is 21.1 Å². The summed E-state index contributed by atoms with van der Waals surface area (Å²) in [5.41, 5.74) is 1.79. The molecule has 4 aromatic rings. The van der Waals surface area contributed by atoms with E-state index in [1.165, 1.54) is 0 Å². The minimum absolute atomic E-state index is 0.355. The van der Waals surface area contributed by atoms with E-state index in [9.17, 15) is 19.8 Å². The molecular weight excluding hydrogens is 380 g/mol. The molecule has 1 atom stereocenters. The molecule has 0 fully saturated rings. The average molecular weight is 400 g/mol. The quantitative estimate of drug-likeness (QED) is 0.417. The average Bonchev–Trinajstić information content (AvgIpc) is 2.75. The van der Waals surface area contributed by atoms with Crippen molar-refractivity contribution >= 4 is 22.5 Å². The standard InChI is InChI=1S/C24H20N2O4/c1-14-11-12-19(17(13-14)21(27)15-7-3-2-4-8-15)26-24(30)20-22(28)16-9-5-6-10-18(16)25-23(20)29/h2-13,21,27H,1H3,(H,26,30)(H2,25,28,29). The van der Waals surface area contributed by atoms with E-state index in [4.69, 9.17) is 0 Å². The van der Waals surface area contributed by atoms with Gasteiger partial charge in [-0.25, -0.2) is 0 Å². The fourth-order valence-electron chi connectivity index (χ4n) is 3.46. The maximum absolute atomic E-state index is 12.9. The number of anilines is 1. The first-order chi connectivity index (χ1) is 14.5. The smallest absolute Gasteiger partial charge is 0.265 e. The molecule has 0 saturated heterocycles. The van der Waals surface area contributed by atoms with Crippen LogP contribution in [0.1, 0.15) is 33.2 Å². The van der Waals surface area contributed by atoms with Crippen LogP contribution >= 0.6 is 0 Å². The number of pyridine rings is 1. The highest BCUT2D eigenvalue weighted by Gasteiger charge is 2.22. The van der Waals surface area contributed by atoms with Gasteiger partial charge in [-0.05, 0) is 30.7 Å². The second-order valence-corrected chi connectivity index (χ2v) is 7.08. The van der Waals surface area contributed by atoms with Crippen molar-refractivity contribution in [3.63, 3.8) is 0 Å². The lowest BCUT2D eigenvalue weighted by atomic mass is 9.98. The molecule has 1 aromatic heterocycles. The monoisotopic (exact) mass is 400 g/mol. The van der Waals surface area contributed by atoms with Gasteiger partial charge in [-0.2, -0.15) is 0 Å². The zero-order chi connectivity index (χ0) is 21.3. The number of fused-ring (bicyclic) bond motifs is 1. The normalized spacial score (nSPS) is 11.9. The molecule has 0 aliphatic rings. The van der Waals surface area contributed by atoms with E-state index in [1.807, 2.05) is 25.1 Å². The summed E-state index contributed by atoms with van der Waals surface area (Å²) in [7, 11) is 0. The molecule has 0 saturated carbocycles. The van der Waals surface area contributed by atoms with Crippen molar-refractivity contribution in [2.24, 2.45) is 0 Å². The van der Waals surface area contributed by atoms with Crippen molar-refractivity contribution in [2.75, 3.05) is 5.32 Å². The zero-order valence-corrected chi connectivity index (χ0v) is 16.2. The van der Waals surface area contributed by atoms with Crippen LogP contribution in [0.4, 0.5) is 5.69 Å². The molecule has 6 heteroatoms. The van der Waals surface area contributed by atoms with Crippen molar-refractivity contribution < 1.29 is 15.0 Å². The molecule has 0 radical (unpaired) electrons. The second kappa shape index (κ2) is 7.85. The highest BCUT2D eigenvalue weighted by Crippen LogP contribution is 2.31. The SMILES string of the molecule is Cc1ccc(NC(=O)c2c(O)c3ccccc3[nH]c2=O)c(C(O)c2ccccc2)c1. The Bertz CT molecular complexity index is 1300. The minimum Gasteiger partial charge on any atom is -0.506 e. The van der Waals surface area contributed by atoms with E-state index in [0.29, 0.717) is 27.7 Å². The van der Waals surface area contributed by atoms with Crippen molar-refractivity contribution in [3.05, 3.63) is 105 Å². The molecule has 6 nitrogen and oxygen atoms in total. The molecule has 30 heavy (non-hydrogen) atoms. The number of hydrogen-bond donors (Lipinski definition) is 4. The number of H-pyrrole nitrogens is 1. The van der Waals surface area contributed by atoms with Crippen LogP contribution < -0.4 is 10.9 Å². The first kappa shape index (κ1) is 19.4. The maximum Gasteiger partial charge on any atom is 0.265 e. The molecule has 3 aromatic carbocycles. The molecule has 4 rings (SSSR count). The third-order valence-electron chi connectivity index (χ3n) is 4.99. The van der Waals surface area contributed by atoms with Crippen molar-refractivity contribution in [2.45, 2.75) is 13.0 Å². The van der Waals surface area contributed by atoms with Gasteiger partial charge in [0.1, 0.15) is 17.4 Å². The zero-order valence-electron chi connectivity index (χ0n) is 16.2. The van der Waals surface area contributed by atoms with Gasteiger partial charge in [-0.3, -0.25) is 9.59 Å². The first-order valence-corrected chi connectivity index (χ1v) is 9.44. The van der Waals surface area contributed by atoms with Crippen molar-refractivity contribution in [1.29, 1.82) is 0 Å². The summed E-state index contributed by atoms with van der Waals surface area (Å²) in [4.78, 5) is 28.0. The van der Waals surface area contributed by atoms with Crippen molar-refractivity contribution in [3.8, 4) is 5.75 Å². The van der Waals surface area contributed by atoms with Gasteiger partial charge in [-0.15, -0.1) is 0 Å². The number of aromatic nitrogens is 1. The molecule has 0 aliphatic carbocycles. The Balaban J connectivity index is 1.75. The minimum atomic E-state index is -0.968. The van der Waals surface area contributed by atoms with E-state index in [1.54, 1.807) is 54.6 Å². The van der Waals surface area contributed by atoms with Crippen molar-refractivity contribution in [1.82, 2.24) is 4.98 Å². The molecule has 1 unspecified atom stereocenters. The summed E-state index contributed by atoms with van der Waals surface area (Å²) in [6.45, 7) is 1.88. The number of rotatable bonds is 4. The highest BCUT2D eigenvalue weighted by molar-refractivity contribution is 6.09. The van der Waals surface area contributed by atoms with Crippen LogP contribution in [0.15, 0.2) is 77.6 Å². The highest BCUT2D eigenvalue weighted by atomic mass is 16.3. The Morgan fingerprint density at radius 1 is 1.00 bits per heavy atom. The van der Waals surface area contributed by atoms with Gasteiger partial charge in [-0.1, -0.05) is 60.2 Å². The van der Waals surface area contributed by atoms with E-state index in [2.05, 4.69) is 10.3 Å². The van der Waals surface area contributed by atoms with Gasteiger partial charge in [0.05, 0.1) is 5.52 Å². The number of nitrogens with one attached hydrogen (secondary N) is 2. The number of aromatic amines is 1. The van der Waals surface area contributed by atoms with Crippen LogP contribution in [0.3, 0.4) is 0 Å². The predicted octanol–water partition coefficient (Wildman–Crippen LogP) is 3.88. The van der Waals surface area contributed by atoms with Gasteiger partial charge in [0.25, 0.3) is 11.5 Å². The third-order valence-corrected chi connectivity index (χ3v) is 4.99. The fraction of sp³-hybridized carbons (Fsp3) is 0.0833. The van der Waals surface area contributed by atoms with Gasteiger partial charge < -0.3 is 20.5 Å². The molecular formula is C24H20N2O4. The van der Waals surface area contributed by atoms with Gasteiger partial charge in [0, 0.05) is 16.6 Å². The van der Waals surface area contributed by atoms with Crippen LogP contribution in [0, 0.1) is 6.92 Å². The van der Waals surface area contributed by atoms with E-state index >= 15 is 0 Å². The molecule has 0 spiro atoms. The first-order valence-electron chi connectivity index (χ1n) is 9.44. The molecule has 0 aliphatic heterocycles. The fourth-order valence-corrected chi connectivity index (χ4v) is 3.46. The number of carbonyl (C=O) groups excluding carboxylic acids is 1. The van der Waals surface area contributed by atoms with E-state index in [-0.39, 0.29) is 11.3 Å². The topological polar surface area (TPSA) is 102 Å². The summed E-state index contributed by atoms with van der Waals surface area (Å²) < 4.78 is 0. The second-order valence-electron chi connectivity index (χ2n) is 7.08. The van der Waals surface area contributed by atoms with Gasteiger partial charge >= 0.3 is 0 Å². The largest absolute Gasteiger partial charge is 0.506 e. The molecule has 4 N–H and O–H groups in total. The summed E-state index contributed by atoms with van der Waals surface area (Å²) in [6, 6.07) is 21.0. The van der Waals surface area contributed by atoms with Crippen LogP contribution in [0.25, 0.3) is 10.9 Å². The third kappa shape index (κ3) is 3.56. The summed E-state index contributed by atoms with van der Waals surface area (Å²) in [6.07, 6.45) is -0.968. The Morgan fingerprint density at radius 3 is 2.47 bits per heavy atom. The number of benzene rings is 3. The summed E-state index contributed by atoms with van der Waals surface area (Å²) in [5.74, 6) is -1.14. The molecule has 1 amide bonds. The maximum atomic E-state index is 12.9. The van der Waals surface area contributed by atoms with E-state index < -0.39 is 17.6 Å². The van der Waals surface area contributed by atoms with Crippen LogP contribution in [0.2, 0.25) is 0 Å². The number of amides is 1. The Labute approximate surface area is 172 Å². The molecule has 0 bridgehead atoms. The predicted molar refractivity (Wildman–Crippen MR) is 116 cm³/mol. The number of aliphatic hydroxyl groups excluding tert-OH is 1. The Kier molecular flexibility index (Phi) is 5.08. The van der Waals surface area contributed by atoms with Crippen LogP contribution in [0.5, 0.6) is 5.75 Å². The van der Waals surface area contributed by atoms with Crippen LogP contribution in [-0.2, 0) is 0 Å². The number of para-hydroxylation sites is 1. The lowest BCUT2D eigenvalue weighted by Crippen LogP contribution is -2.24.